The maximum Gasteiger partial charge on any atom is 0.261 e. The molecule has 0 spiro atoms. The summed E-state index contributed by atoms with van der Waals surface area (Å²) < 4.78 is 19.6. The molecule has 184 valence electrons. The van der Waals surface area contributed by atoms with Gasteiger partial charge in [-0.05, 0) is 43.5 Å². The number of para-hydroxylation sites is 1. The molecular weight excluding hydrogens is 443 g/mol. The molecular formula is C29H33FN2O3. The van der Waals surface area contributed by atoms with Gasteiger partial charge in [-0.25, -0.2) is 4.39 Å². The molecule has 0 saturated heterocycles. The van der Waals surface area contributed by atoms with Crippen molar-refractivity contribution in [3.8, 4) is 5.75 Å². The van der Waals surface area contributed by atoms with Gasteiger partial charge in [0.15, 0.2) is 18.2 Å². The number of halogens is 1. The van der Waals surface area contributed by atoms with Crippen LogP contribution in [0.5, 0.6) is 5.75 Å². The van der Waals surface area contributed by atoms with Crippen LogP contribution in [0.4, 0.5) is 4.39 Å². The zero-order valence-electron chi connectivity index (χ0n) is 20.5. The molecule has 1 N–H and O–H groups in total. The first-order chi connectivity index (χ1) is 16.9. The number of carbonyl (C=O) groups is 2. The Kier molecular flexibility index (Phi) is 9.41. The van der Waals surface area contributed by atoms with Gasteiger partial charge in [-0.3, -0.25) is 9.59 Å². The average molecular weight is 477 g/mol. The van der Waals surface area contributed by atoms with Crippen molar-refractivity contribution in [3.05, 3.63) is 101 Å². The molecule has 2 amide bonds. The summed E-state index contributed by atoms with van der Waals surface area (Å²) in [5, 5.41) is 3.03. The Morgan fingerprint density at radius 3 is 2.34 bits per heavy atom. The summed E-state index contributed by atoms with van der Waals surface area (Å²) in [5.41, 5.74) is 2.90. The van der Waals surface area contributed by atoms with Crippen molar-refractivity contribution in [2.45, 2.75) is 52.2 Å². The van der Waals surface area contributed by atoms with Crippen molar-refractivity contribution in [2.75, 3.05) is 6.61 Å². The Labute approximate surface area is 206 Å². The van der Waals surface area contributed by atoms with Gasteiger partial charge in [0.05, 0.1) is 0 Å². The van der Waals surface area contributed by atoms with Gasteiger partial charge in [-0.1, -0.05) is 79.2 Å². The topological polar surface area (TPSA) is 58.6 Å². The van der Waals surface area contributed by atoms with Crippen LogP contribution in [0.15, 0.2) is 78.9 Å². The van der Waals surface area contributed by atoms with Crippen LogP contribution in [-0.4, -0.2) is 35.4 Å². The van der Waals surface area contributed by atoms with Crippen molar-refractivity contribution in [1.82, 2.24) is 10.2 Å². The molecule has 0 aliphatic carbocycles. The minimum atomic E-state index is -0.761. The summed E-state index contributed by atoms with van der Waals surface area (Å²) in [5.74, 6) is -1.16. The van der Waals surface area contributed by atoms with Gasteiger partial charge in [-0.15, -0.1) is 0 Å². The first kappa shape index (κ1) is 25.9. The third-order valence-electron chi connectivity index (χ3n) is 5.90. The molecule has 0 saturated carbocycles. The van der Waals surface area contributed by atoms with E-state index in [1.165, 1.54) is 12.1 Å². The van der Waals surface area contributed by atoms with Gasteiger partial charge in [-0.2, -0.15) is 0 Å². The van der Waals surface area contributed by atoms with E-state index in [0.29, 0.717) is 6.42 Å². The average Bonchev–Trinajstić information content (AvgIpc) is 2.86. The van der Waals surface area contributed by atoms with Crippen LogP contribution < -0.4 is 10.1 Å². The number of ether oxygens (including phenoxy) is 1. The van der Waals surface area contributed by atoms with Gasteiger partial charge in [0, 0.05) is 19.0 Å². The first-order valence-electron chi connectivity index (χ1n) is 11.9. The van der Waals surface area contributed by atoms with E-state index in [1.807, 2.05) is 75.4 Å². The zero-order chi connectivity index (χ0) is 25.2. The largest absolute Gasteiger partial charge is 0.481 e. The van der Waals surface area contributed by atoms with Crippen LogP contribution in [0.25, 0.3) is 0 Å². The third kappa shape index (κ3) is 7.67. The van der Waals surface area contributed by atoms with E-state index in [2.05, 4.69) is 5.32 Å². The van der Waals surface area contributed by atoms with E-state index >= 15 is 0 Å². The van der Waals surface area contributed by atoms with Crippen molar-refractivity contribution in [1.29, 1.82) is 0 Å². The highest BCUT2D eigenvalue weighted by Crippen LogP contribution is 2.19. The number of nitrogens with one attached hydrogen (secondary N) is 1. The Bertz CT molecular complexity index is 1120. The van der Waals surface area contributed by atoms with Gasteiger partial charge in [0.25, 0.3) is 5.91 Å². The highest BCUT2D eigenvalue weighted by molar-refractivity contribution is 5.88. The number of amides is 2. The summed E-state index contributed by atoms with van der Waals surface area (Å²) >= 11 is 0. The fourth-order valence-electron chi connectivity index (χ4n) is 3.79. The van der Waals surface area contributed by atoms with Crippen LogP contribution in [0, 0.1) is 12.7 Å². The van der Waals surface area contributed by atoms with Gasteiger partial charge >= 0.3 is 0 Å². The summed E-state index contributed by atoms with van der Waals surface area (Å²) in [4.78, 5) is 28.5. The molecule has 0 heterocycles. The molecule has 0 aliphatic rings. The molecule has 2 atom stereocenters. The minimum Gasteiger partial charge on any atom is -0.481 e. The fraction of sp³-hybridized carbons (Fsp3) is 0.310. The molecule has 3 aromatic carbocycles. The van der Waals surface area contributed by atoms with E-state index in [0.717, 1.165) is 23.1 Å². The van der Waals surface area contributed by atoms with Crippen molar-refractivity contribution >= 4 is 11.8 Å². The maximum atomic E-state index is 14.1. The van der Waals surface area contributed by atoms with E-state index in [-0.39, 0.29) is 30.9 Å². The monoisotopic (exact) mass is 476 g/mol. The van der Waals surface area contributed by atoms with Crippen LogP contribution in [0.3, 0.4) is 0 Å². The molecule has 0 bridgehead atoms. The van der Waals surface area contributed by atoms with Crippen LogP contribution >= 0.6 is 0 Å². The third-order valence-corrected chi connectivity index (χ3v) is 5.90. The smallest absolute Gasteiger partial charge is 0.261 e. The molecule has 5 nitrogen and oxygen atoms in total. The Hall–Kier alpha value is -3.67. The summed E-state index contributed by atoms with van der Waals surface area (Å²) in [7, 11) is 0. The summed E-state index contributed by atoms with van der Waals surface area (Å²) in [6, 6.07) is 22.6. The zero-order valence-corrected chi connectivity index (χ0v) is 20.5. The Morgan fingerprint density at radius 2 is 1.66 bits per heavy atom. The maximum absolute atomic E-state index is 14.1. The van der Waals surface area contributed by atoms with Crippen molar-refractivity contribution < 1.29 is 18.7 Å². The number of benzene rings is 3. The quantitative estimate of drug-likeness (QED) is 0.421. The predicted octanol–water partition coefficient (Wildman–Crippen LogP) is 5.07. The Morgan fingerprint density at radius 1 is 0.971 bits per heavy atom. The molecule has 0 aliphatic heterocycles. The number of hydrogen-bond acceptors (Lipinski definition) is 3. The number of hydrogen-bond donors (Lipinski definition) is 1. The number of rotatable bonds is 11. The van der Waals surface area contributed by atoms with E-state index < -0.39 is 17.8 Å². The molecule has 0 aromatic heterocycles. The number of carbonyl (C=O) groups excluding carboxylic acids is 2. The molecule has 0 unspecified atom stereocenters. The normalized spacial score (nSPS) is 12.5. The highest BCUT2D eigenvalue weighted by Gasteiger charge is 2.31. The lowest BCUT2D eigenvalue weighted by Gasteiger charge is -2.32. The summed E-state index contributed by atoms with van der Waals surface area (Å²) in [6.45, 7) is 5.76. The SMILES string of the molecule is CC[C@H](C)NC(=O)[C@H](Cc1ccccc1)N(Cc1cccc(C)c1)C(=O)COc1ccccc1F. The lowest BCUT2D eigenvalue weighted by Crippen LogP contribution is -2.53. The van der Waals surface area contributed by atoms with Gasteiger partial charge < -0.3 is 15.0 Å². The van der Waals surface area contributed by atoms with E-state index in [1.54, 1.807) is 17.0 Å². The lowest BCUT2D eigenvalue weighted by atomic mass is 10.0. The highest BCUT2D eigenvalue weighted by atomic mass is 19.1. The molecule has 3 rings (SSSR count). The van der Waals surface area contributed by atoms with Crippen LogP contribution in [-0.2, 0) is 22.6 Å². The molecule has 6 heteroatoms. The second-order valence-corrected chi connectivity index (χ2v) is 8.75. The van der Waals surface area contributed by atoms with E-state index in [4.69, 9.17) is 4.74 Å². The molecule has 0 radical (unpaired) electrons. The first-order valence-corrected chi connectivity index (χ1v) is 11.9. The Balaban J connectivity index is 1.92. The van der Waals surface area contributed by atoms with Crippen molar-refractivity contribution in [3.63, 3.8) is 0 Å². The minimum absolute atomic E-state index is 0.0000201. The van der Waals surface area contributed by atoms with Gasteiger partial charge in [0.1, 0.15) is 6.04 Å². The van der Waals surface area contributed by atoms with Crippen LogP contribution in [0.2, 0.25) is 0 Å². The molecule has 35 heavy (non-hydrogen) atoms. The standard InChI is InChI=1S/C29H33FN2O3/c1-4-22(3)31-29(34)26(18-23-12-6-5-7-13-23)32(19-24-14-10-11-21(2)17-24)28(33)20-35-27-16-9-8-15-25(27)30/h5-17,22,26H,4,18-20H2,1-3H3,(H,31,34)/t22-,26-/m0/s1. The van der Waals surface area contributed by atoms with Gasteiger partial charge in [0.2, 0.25) is 5.91 Å². The van der Waals surface area contributed by atoms with Crippen LogP contribution in [0.1, 0.15) is 37.0 Å². The second kappa shape index (κ2) is 12.7. The predicted molar refractivity (Wildman–Crippen MR) is 135 cm³/mol. The van der Waals surface area contributed by atoms with Crippen molar-refractivity contribution in [2.24, 2.45) is 0 Å². The number of aryl methyl sites for hydroxylation is 1. The number of nitrogens with zero attached hydrogens (tertiary/aromatic N) is 1. The molecule has 0 fully saturated rings. The summed E-state index contributed by atoms with van der Waals surface area (Å²) in [6.07, 6.45) is 1.12. The lowest BCUT2D eigenvalue weighted by molar-refractivity contribution is -0.143. The molecule has 3 aromatic rings. The fourth-order valence-corrected chi connectivity index (χ4v) is 3.79. The second-order valence-electron chi connectivity index (χ2n) is 8.75. The van der Waals surface area contributed by atoms with E-state index in [9.17, 15) is 14.0 Å².